The molecule has 0 aromatic rings. The van der Waals surface area contributed by atoms with Crippen molar-refractivity contribution in [2.75, 3.05) is 72.1 Å². The van der Waals surface area contributed by atoms with E-state index < -0.39 is 0 Å². The molecule has 0 N–H and O–H groups in total. The molecule has 0 unspecified atom stereocenters. The lowest BCUT2D eigenvalue weighted by Gasteiger charge is -2.38. The first-order chi connectivity index (χ1) is 13.0. The molecule has 2 saturated heterocycles. The lowest BCUT2D eigenvalue weighted by atomic mass is 9.96. The van der Waals surface area contributed by atoms with Crippen LogP contribution in [0.15, 0.2) is 0 Å². The van der Waals surface area contributed by atoms with E-state index in [-0.39, 0.29) is 18.3 Å². The van der Waals surface area contributed by atoms with E-state index in [0.29, 0.717) is 25.4 Å². The minimum absolute atomic E-state index is 0.0646. The SMILES string of the molecule is CCC(=O)CN1CCN(CC2CCN(CCOCC(=O)C(C)C)CC2)CC1. The van der Waals surface area contributed by atoms with Crippen LogP contribution in [0.1, 0.15) is 40.0 Å². The normalized spacial score (nSPS) is 21.0. The predicted molar refractivity (Wildman–Crippen MR) is 108 cm³/mol. The summed E-state index contributed by atoms with van der Waals surface area (Å²) >= 11 is 0. The van der Waals surface area contributed by atoms with Crippen molar-refractivity contribution in [2.24, 2.45) is 11.8 Å². The van der Waals surface area contributed by atoms with Gasteiger partial charge in [0, 0.05) is 51.6 Å². The summed E-state index contributed by atoms with van der Waals surface area (Å²) in [6.07, 6.45) is 3.15. The Balaban J connectivity index is 1.54. The summed E-state index contributed by atoms with van der Waals surface area (Å²) in [5.41, 5.74) is 0. The zero-order valence-corrected chi connectivity index (χ0v) is 17.6. The molecule has 0 radical (unpaired) electrons. The standard InChI is InChI=1S/C21H39N3O3/c1-4-20(25)16-24-11-9-23(10-12-24)15-19-5-7-22(8-6-19)13-14-27-17-21(26)18(2)3/h18-19H,4-17H2,1-3H3. The van der Waals surface area contributed by atoms with E-state index in [1.807, 2.05) is 20.8 Å². The fourth-order valence-electron chi connectivity index (χ4n) is 3.78. The van der Waals surface area contributed by atoms with Crippen LogP contribution in [0.5, 0.6) is 0 Å². The van der Waals surface area contributed by atoms with Gasteiger partial charge in [0.2, 0.25) is 0 Å². The number of hydrogen-bond acceptors (Lipinski definition) is 6. The van der Waals surface area contributed by atoms with Gasteiger partial charge in [0.25, 0.3) is 0 Å². The van der Waals surface area contributed by atoms with Gasteiger partial charge >= 0.3 is 0 Å². The molecule has 0 atom stereocenters. The summed E-state index contributed by atoms with van der Waals surface area (Å²) in [5.74, 6) is 1.39. The smallest absolute Gasteiger partial charge is 0.160 e. The van der Waals surface area contributed by atoms with Crippen molar-refractivity contribution < 1.29 is 14.3 Å². The highest BCUT2D eigenvalue weighted by Crippen LogP contribution is 2.19. The Morgan fingerprint density at radius 2 is 1.59 bits per heavy atom. The second kappa shape index (κ2) is 11.9. The van der Waals surface area contributed by atoms with Gasteiger partial charge in [-0.1, -0.05) is 20.8 Å². The third-order valence-corrected chi connectivity index (χ3v) is 5.92. The van der Waals surface area contributed by atoms with Crippen LogP contribution in [-0.2, 0) is 14.3 Å². The summed E-state index contributed by atoms with van der Waals surface area (Å²) in [5, 5.41) is 0. The van der Waals surface area contributed by atoms with Gasteiger partial charge in [-0.15, -0.1) is 0 Å². The molecule has 0 spiro atoms. The van der Waals surface area contributed by atoms with E-state index in [0.717, 1.165) is 51.7 Å². The molecule has 2 heterocycles. The number of Topliss-reactive ketones (excluding diaryl/α,β-unsaturated/α-hetero) is 2. The molecule has 2 fully saturated rings. The Labute approximate surface area is 165 Å². The Hall–Kier alpha value is -0.820. The Bertz CT molecular complexity index is 454. The number of nitrogens with zero attached hydrogens (tertiary/aromatic N) is 3. The highest BCUT2D eigenvalue weighted by atomic mass is 16.5. The largest absolute Gasteiger partial charge is 0.372 e. The molecule has 6 nitrogen and oxygen atoms in total. The zero-order valence-electron chi connectivity index (χ0n) is 17.6. The van der Waals surface area contributed by atoms with Gasteiger partial charge < -0.3 is 14.5 Å². The number of ketones is 2. The number of hydrogen-bond donors (Lipinski definition) is 0. The number of piperidine rings is 1. The van der Waals surface area contributed by atoms with Gasteiger partial charge in [0.05, 0.1) is 13.2 Å². The Morgan fingerprint density at radius 3 is 2.19 bits per heavy atom. The summed E-state index contributed by atoms with van der Waals surface area (Å²) in [7, 11) is 0. The first-order valence-corrected chi connectivity index (χ1v) is 10.8. The second-order valence-corrected chi connectivity index (χ2v) is 8.43. The van der Waals surface area contributed by atoms with E-state index in [4.69, 9.17) is 4.74 Å². The molecule has 2 aliphatic rings. The molecular weight excluding hydrogens is 342 g/mol. The molecule has 0 saturated carbocycles. The highest BCUT2D eigenvalue weighted by molar-refractivity contribution is 5.81. The van der Waals surface area contributed by atoms with Crippen molar-refractivity contribution in [1.82, 2.24) is 14.7 Å². The maximum Gasteiger partial charge on any atom is 0.160 e. The summed E-state index contributed by atoms with van der Waals surface area (Å²) < 4.78 is 5.53. The van der Waals surface area contributed by atoms with E-state index in [1.54, 1.807) is 0 Å². The summed E-state index contributed by atoms with van der Waals surface area (Å²) in [6.45, 7) is 16.0. The molecule has 27 heavy (non-hydrogen) atoms. The third-order valence-electron chi connectivity index (χ3n) is 5.92. The molecule has 0 aliphatic carbocycles. The van der Waals surface area contributed by atoms with Crippen LogP contribution in [0.25, 0.3) is 0 Å². The van der Waals surface area contributed by atoms with Gasteiger partial charge in [-0.3, -0.25) is 14.5 Å². The quantitative estimate of drug-likeness (QED) is 0.506. The lowest BCUT2D eigenvalue weighted by Crippen LogP contribution is -2.50. The first-order valence-electron chi connectivity index (χ1n) is 10.8. The van der Waals surface area contributed by atoms with Crippen LogP contribution in [-0.4, -0.2) is 98.4 Å². The first kappa shape index (κ1) is 22.5. The number of ether oxygens (including phenoxy) is 1. The van der Waals surface area contributed by atoms with Crippen molar-refractivity contribution >= 4 is 11.6 Å². The zero-order chi connectivity index (χ0) is 19.6. The van der Waals surface area contributed by atoms with Crippen molar-refractivity contribution in [3.05, 3.63) is 0 Å². The lowest BCUT2D eigenvalue weighted by molar-refractivity contribution is -0.126. The summed E-state index contributed by atoms with van der Waals surface area (Å²) in [4.78, 5) is 30.5. The van der Waals surface area contributed by atoms with Gasteiger partial charge in [-0.25, -0.2) is 0 Å². The third kappa shape index (κ3) is 8.38. The fraction of sp³-hybridized carbons (Fsp3) is 0.905. The number of carbonyl (C=O) groups excluding carboxylic acids is 2. The van der Waals surface area contributed by atoms with E-state index in [1.165, 1.54) is 19.4 Å². The van der Waals surface area contributed by atoms with Crippen LogP contribution < -0.4 is 0 Å². The van der Waals surface area contributed by atoms with Crippen LogP contribution in [0.2, 0.25) is 0 Å². The van der Waals surface area contributed by atoms with Crippen molar-refractivity contribution in [3.63, 3.8) is 0 Å². The molecule has 0 bridgehead atoms. The Kier molecular flexibility index (Phi) is 9.90. The molecule has 0 aromatic carbocycles. The molecule has 6 heteroatoms. The molecule has 2 rings (SSSR count). The molecule has 0 amide bonds. The minimum atomic E-state index is 0.0646. The van der Waals surface area contributed by atoms with Crippen LogP contribution >= 0.6 is 0 Å². The highest BCUT2D eigenvalue weighted by Gasteiger charge is 2.24. The van der Waals surface area contributed by atoms with Gasteiger partial charge in [-0.05, 0) is 31.8 Å². The average Bonchev–Trinajstić information content (AvgIpc) is 2.67. The molecule has 0 aromatic heterocycles. The number of rotatable bonds is 11. The minimum Gasteiger partial charge on any atom is -0.372 e. The predicted octanol–water partition coefficient (Wildman–Crippen LogP) is 1.54. The maximum absolute atomic E-state index is 11.6. The molecule has 2 aliphatic heterocycles. The number of likely N-dealkylation sites (tertiary alicyclic amines) is 1. The van der Waals surface area contributed by atoms with Crippen LogP contribution in [0, 0.1) is 11.8 Å². The van der Waals surface area contributed by atoms with E-state index in [2.05, 4.69) is 14.7 Å². The van der Waals surface area contributed by atoms with Crippen LogP contribution in [0.4, 0.5) is 0 Å². The van der Waals surface area contributed by atoms with Gasteiger partial charge in [0.1, 0.15) is 12.4 Å². The van der Waals surface area contributed by atoms with Gasteiger partial charge in [0.15, 0.2) is 5.78 Å². The van der Waals surface area contributed by atoms with Crippen LogP contribution in [0.3, 0.4) is 0 Å². The number of carbonyl (C=O) groups is 2. The molecule has 156 valence electrons. The maximum atomic E-state index is 11.6. The molecular formula is C21H39N3O3. The fourth-order valence-corrected chi connectivity index (χ4v) is 3.78. The average molecular weight is 382 g/mol. The van der Waals surface area contributed by atoms with Crippen molar-refractivity contribution in [3.8, 4) is 0 Å². The monoisotopic (exact) mass is 381 g/mol. The Morgan fingerprint density at radius 1 is 0.963 bits per heavy atom. The van der Waals surface area contributed by atoms with E-state index in [9.17, 15) is 9.59 Å². The summed E-state index contributed by atoms with van der Waals surface area (Å²) in [6, 6.07) is 0. The topological polar surface area (TPSA) is 53.1 Å². The van der Waals surface area contributed by atoms with Crippen molar-refractivity contribution in [2.45, 2.75) is 40.0 Å². The van der Waals surface area contributed by atoms with Gasteiger partial charge in [-0.2, -0.15) is 0 Å². The van der Waals surface area contributed by atoms with E-state index >= 15 is 0 Å². The number of piperazine rings is 1. The van der Waals surface area contributed by atoms with Crippen molar-refractivity contribution in [1.29, 1.82) is 0 Å². The second-order valence-electron chi connectivity index (χ2n) is 8.43.